The lowest BCUT2D eigenvalue weighted by atomic mass is 10.1. The predicted octanol–water partition coefficient (Wildman–Crippen LogP) is 1.17. The number of methoxy groups -OCH3 is 1. The standard InChI is InChI=1S/C14H17NO4/c1-19-8-10-4-2-9(3-5-10)7-15-13(16)11-6-12(11)14(17)18/h2-5,11-12H,6-8H2,1H3,(H,15,16)(H,17,18)/t11-,12+/m1/s1. The van der Waals surface area contributed by atoms with Gasteiger partial charge in [0.15, 0.2) is 0 Å². The quantitative estimate of drug-likeness (QED) is 0.807. The molecule has 2 atom stereocenters. The lowest BCUT2D eigenvalue weighted by molar-refractivity contribution is -0.140. The Hall–Kier alpha value is -1.88. The van der Waals surface area contributed by atoms with Gasteiger partial charge in [0.2, 0.25) is 5.91 Å². The minimum absolute atomic E-state index is 0.173. The van der Waals surface area contributed by atoms with E-state index in [1.54, 1.807) is 7.11 Å². The van der Waals surface area contributed by atoms with Crippen LogP contribution in [0.4, 0.5) is 0 Å². The molecule has 0 aliphatic heterocycles. The topological polar surface area (TPSA) is 75.6 Å². The monoisotopic (exact) mass is 263 g/mol. The summed E-state index contributed by atoms with van der Waals surface area (Å²) in [6.07, 6.45) is 0.452. The van der Waals surface area contributed by atoms with Gasteiger partial charge in [-0.2, -0.15) is 0 Å². The molecule has 1 aromatic carbocycles. The van der Waals surface area contributed by atoms with Crippen LogP contribution >= 0.6 is 0 Å². The number of carboxylic acid groups (broad SMARTS) is 1. The number of rotatable bonds is 6. The fourth-order valence-electron chi connectivity index (χ4n) is 2.00. The number of carbonyl (C=O) groups is 2. The number of ether oxygens (including phenoxy) is 1. The van der Waals surface area contributed by atoms with Crippen LogP contribution in [-0.2, 0) is 27.5 Å². The Kier molecular flexibility index (Phi) is 4.16. The van der Waals surface area contributed by atoms with Crippen LogP contribution in [0.25, 0.3) is 0 Å². The number of nitrogens with one attached hydrogen (secondary N) is 1. The molecule has 1 saturated carbocycles. The third-order valence-electron chi connectivity index (χ3n) is 3.25. The number of carboxylic acids is 1. The molecule has 1 amide bonds. The minimum atomic E-state index is -0.885. The van der Waals surface area contributed by atoms with E-state index in [0.29, 0.717) is 19.6 Å². The van der Waals surface area contributed by atoms with Crippen molar-refractivity contribution >= 4 is 11.9 Å². The van der Waals surface area contributed by atoms with Crippen LogP contribution in [0.5, 0.6) is 0 Å². The number of hydrogen-bond donors (Lipinski definition) is 2. The number of hydrogen-bond acceptors (Lipinski definition) is 3. The molecule has 1 aliphatic carbocycles. The smallest absolute Gasteiger partial charge is 0.307 e. The van der Waals surface area contributed by atoms with E-state index in [4.69, 9.17) is 9.84 Å². The fraction of sp³-hybridized carbons (Fsp3) is 0.429. The van der Waals surface area contributed by atoms with Gasteiger partial charge in [0, 0.05) is 13.7 Å². The average Bonchev–Trinajstić information content (AvgIpc) is 3.18. The summed E-state index contributed by atoms with van der Waals surface area (Å²) in [6, 6.07) is 7.75. The molecule has 2 N–H and O–H groups in total. The van der Waals surface area contributed by atoms with Crippen molar-refractivity contribution in [2.75, 3.05) is 7.11 Å². The van der Waals surface area contributed by atoms with E-state index in [9.17, 15) is 9.59 Å². The van der Waals surface area contributed by atoms with Gasteiger partial charge in [0.05, 0.1) is 18.4 Å². The Morgan fingerprint density at radius 2 is 1.89 bits per heavy atom. The molecule has 0 saturated heterocycles. The minimum Gasteiger partial charge on any atom is -0.481 e. The van der Waals surface area contributed by atoms with Crippen molar-refractivity contribution in [3.8, 4) is 0 Å². The van der Waals surface area contributed by atoms with E-state index in [-0.39, 0.29) is 11.8 Å². The van der Waals surface area contributed by atoms with E-state index in [1.165, 1.54) is 0 Å². The lowest BCUT2D eigenvalue weighted by Crippen LogP contribution is -2.25. The zero-order valence-electron chi connectivity index (χ0n) is 10.8. The van der Waals surface area contributed by atoms with Crippen LogP contribution in [0, 0.1) is 11.8 Å². The summed E-state index contributed by atoms with van der Waals surface area (Å²) in [6.45, 7) is 0.990. The van der Waals surface area contributed by atoms with Crippen LogP contribution in [0.1, 0.15) is 17.5 Å². The van der Waals surface area contributed by atoms with Crippen molar-refractivity contribution < 1.29 is 19.4 Å². The number of benzene rings is 1. The van der Waals surface area contributed by atoms with Crippen molar-refractivity contribution in [1.29, 1.82) is 0 Å². The van der Waals surface area contributed by atoms with Gasteiger partial charge in [-0.05, 0) is 17.5 Å². The zero-order chi connectivity index (χ0) is 13.8. The molecule has 0 bridgehead atoms. The van der Waals surface area contributed by atoms with Gasteiger partial charge in [-0.1, -0.05) is 24.3 Å². The second-order valence-corrected chi connectivity index (χ2v) is 4.75. The molecule has 5 nitrogen and oxygen atoms in total. The highest BCUT2D eigenvalue weighted by Gasteiger charge is 2.48. The number of aliphatic carboxylic acids is 1. The largest absolute Gasteiger partial charge is 0.481 e. The summed E-state index contributed by atoms with van der Waals surface area (Å²) in [5.74, 6) is -1.91. The summed E-state index contributed by atoms with van der Waals surface area (Å²) < 4.78 is 5.01. The summed E-state index contributed by atoms with van der Waals surface area (Å²) >= 11 is 0. The Morgan fingerprint density at radius 3 is 2.42 bits per heavy atom. The highest BCUT2D eigenvalue weighted by atomic mass is 16.5. The van der Waals surface area contributed by atoms with E-state index < -0.39 is 11.9 Å². The van der Waals surface area contributed by atoms with Gasteiger partial charge >= 0.3 is 5.97 Å². The van der Waals surface area contributed by atoms with Crippen molar-refractivity contribution in [3.05, 3.63) is 35.4 Å². The number of amides is 1. The van der Waals surface area contributed by atoms with Crippen LogP contribution in [0.3, 0.4) is 0 Å². The first-order valence-corrected chi connectivity index (χ1v) is 6.19. The third-order valence-corrected chi connectivity index (χ3v) is 3.25. The van der Waals surface area contributed by atoms with E-state index in [1.807, 2.05) is 24.3 Å². The molecule has 0 radical (unpaired) electrons. The summed E-state index contributed by atoms with van der Waals surface area (Å²) in [5, 5.41) is 11.5. The molecule has 0 heterocycles. The Balaban J connectivity index is 1.79. The fourth-order valence-corrected chi connectivity index (χ4v) is 2.00. The molecular weight excluding hydrogens is 246 g/mol. The summed E-state index contributed by atoms with van der Waals surface area (Å²) in [7, 11) is 1.64. The first-order chi connectivity index (χ1) is 9.11. The van der Waals surface area contributed by atoms with Crippen molar-refractivity contribution in [1.82, 2.24) is 5.32 Å². The lowest BCUT2D eigenvalue weighted by Gasteiger charge is -2.06. The molecule has 1 fully saturated rings. The normalized spacial score (nSPS) is 20.9. The zero-order valence-corrected chi connectivity index (χ0v) is 10.8. The second kappa shape index (κ2) is 5.84. The Morgan fingerprint density at radius 1 is 1.26 bits per heavy atom. The Labute approximate surface area is 111 Å². The molecule has 1 aliphatic rings. The summed E-state index contributed by atoms with van der Waals surface area (Å²) in [5.41, 5.74) is 2.06. The summed E-state index contributed by atoms with van der Waals surface area (Å²) in [4.78, 5) is 22.3. The van der Waals surface area contributed by atoms with Gasteiger partial charge in [-0.3, -0.25) is 9.59 Å². The van der Waals surface area contributed by atoms with Gasteiger partial charge in [0.1, 0.15) is 0 Å². The maximum Gasteiger partial charge on any atom is 0.307 e. The first kappa shape index (κ1) is 13.5. The van der Waals surface area contributed by atoms with E-state index >= 15 is 0 Å². The van der Waals surface area contributed by atoms with Gasteiger partial charge in [0.25, 0.3) is 0 Å². The van der Waals surface area contributed by atoms with Gasteiger partial charge < -0.3 is 15.2 Å². The maximum absolute atomic E-state index is 11.7. The van der Waals surface area contributed by atoms with Crippen molar-refractivity contribution in [3.63, 3.8) is 0 Å². The maximum atomic E-state index is 11.7. The molecule has 5 heteroatoms. The van der Waals surface area contributed by atoms with Crippen LogP contribution in [0.2, 0.25) is 0 Å². The molecule has 19 heavy (non-hydrogen) atoms. The van der Waals surface area contributed by atoms with Crippen molar-refractivity contribution in [2.45, 2.75) is 19.6 Å². The van der Waals surface area contributed by atoms with Gasteiger partial charge in [-0.15, -0.1) is 0 Å². The molecule has 0 spiro atoms. The van der Waals surface area contributed by atoms with Gasteiger partial charge in [-0.25, -0.2) is 0 Å². The average molecular weight is 263 g/mol. The highest BCUT2D eigenvalue weighted by molar-refractivity contribution is 5.89. The SMILES string of the molecule is COCc1ccc(CNC(=O)[C@@H]2C[C@@H]2C(=O)O)cc1. The van der Waals surface area contributed by atoms with E-state index in [0.717, 1.165) is 11.1 Å². The third kappa shape index (κ3) is 3.54. The van der Waals surface area contributed by atoms with E-state index in [2.05, 4.69) is 5.32 Å². The van der Waals surface area contributed by atoms with Crippen molar-refractivity contribution in [2.24, 2.45) is 11.8 Å². The predicted molar refractivity (Wildman–Crippen MR) is 68.2 cm³/mol. The number of carbonyl (C=O) groups excluding carboxylic acids is 1. The molecule has 0 aromatic heterocycles. The molecular formula is C14H17NO4. The molecule has 2 rings (SSSR count). The van der Waals surface area contributed by atoms with Crippen LogP contribution in [0.15, 0.2) is 24.3 Å². The van der Waals surface area contributed by atoms with Crippen LogP contribution in [-0.4, -0.2) is 24.1 Å². The molecule has 102 valence electrons. The first-order valence-electron chi connectivity index (χ1n) is 6.19. The Bertz CT molecular complexity index is 469. The molecule has 1 aromatic rings. The second-order valence-electron chi connectivity index (χ2n) is 4.75. The van der Waals surface area contributed by atoms with Crippen LogP contribution < -0.4 is 5.32 Å². The molecule has 0 unspecified atom stereocenters. The highest BCUT2D eigenvalue weighted by Crippen LogP contribution is 2.38.